The second-order valence-electron chi connectivity index (χ2n) is 6.57. The van der Waals surface area contributed by atoms with Crippen molar-refractivity contribution >= 4 is 23.5 Å². The molecule has 3 amide bonds. The molecule has 2 aliphatic heterocycles. The Kier molecular flexibility index (Phi) is 3.80. The van der Waals surface area contributed by atoms with Crippen LogP contribution in [0.15, 0.2) is 36.4 Å². The summed E-state index contributed by atoms with van der Waals surface area (Å²) in [5.74, 6) is 0.698. The molecule has 1 fully saturated rings. The lowest BCUT2D eigenvalue weighted by Gasteiger charge is -2.24. The van der Waals surface area contributed by atoms with E-state index in [4.69, 9.17) is 21.1 Å². The first kappa shape index (κ1) is 16.7. The average molecular weight is 373 g/mol. The topological polar surface area (TPSA) is 67.9 Å². The van der Waals surface area contributed by atoms with E-state index in [2.05, 4.69) is 5.32 Å². The molecule has 7 heteroatoms. The van der Waals surface area contributed by atoms with Crippen LogP contribution in [-0.2, 0) is 16.9 Å². The maximum Gasteiger partial charge on any atom is 0.325 e. The Bertz CT molecular complexity index is 930. The van der Waals surface area contributed by atoms with Gasteiger partial charge in [-0.05, 0) is 42.7 Å². The first-order valence-corrected chi connectivity index (χ1v) is 8.56. The van der Waals surface area contributed by atoms with Gasteiger partial charge in [-0.15, -0.1) is 0 Å². The van der Waals surface area contributed by atoms with Crippen molar-refractivity contribution in [1.82, 2.24) is 10.2 Å². The summed E-state index contributed by atoms with van der Waals surface area (Å²) in [5.41, 5.74) is 1.32. The van der Waals surface area contributed by atoms with Gasteiger partial charge in [-0.2, -0.15) is 0 Å². The van der Waals surface area contributed by atoms with Crippen LogP contribution in [0.3, 0.4) is 0 Å². The van der Waals surface area contributed by atoms with Crippen LogP contribution in [0.25, 0.3) is 0 Å². The number of nitrogens with one attached hydrogen (secondary N) is 1. The largest absolute Gasteiger partial charge is 0.454 e. The molecule has 4 rings (SSSR count). The van der Waals surface area contributed by atoms with Crippen molar-refractivity contribution in [3.8, 4) is 11.5 Å². The number of imide groups is 1. The minimum Gasteiger partial charge on any atom is -0.454 e. The molecule has 0 aliphatic carbocycles. The van der Waals surface area contributed by atoms with Crippen molar-refractivity contribution in [2.75, 3.05) is 6.79 Å². The summed E-state index contributed by atoms with van der Waals surface area (Å²) in [6.07, 6.45) is 0. The molecule has 2 aliphatic rings. The maximum atomic E-state index is 13.1. The summed E-state index contributed by atoms with van der Waals surface area (Å²) in [6.45, 7) is 3.85. The van der Waals surface area contributed by atoms with E-state index in [0.717, 1.165) is 11.1 Å². The van der Waals surface area contributed by atoms with E-state index < -0.39 is 11.6 Å². The van der Waals surface area contributed by atoms with Gasteiger partial charge in [0.2, 0.25) is 6.79 Å². The standard InChI is InChI=1S/C19H17ClN2O4/c1-11-5-3-4-6-13(11)19(2)17(23)22(18(24)21-19)9-12-7-14(20)16-15(8-12)25-10-26-16/h3-8H,9-10H2,1-2H3,(H,21,24). The fraction of sp³-hybridized carbons (Fsp3) is 0.263. The number of hydrogen-bond donors (Lipinski definition) is 1. The van der Waals surface area contributed by atoms with Crippen molar-refractivity contribution in [3.05, 3.63) is 58.1 Å². The number of aryl methyl sites for hydroxylation is 1. The third-order valence-electron chi connectivity index (χ3n) is 4.79. The third-order valence-corrected chi connectivity index (χ3v) is 5.07. The molecule has 1 N–H and O–H groups in total. The molecule has 0 radical (unpaired) electrons. The summed E-state index contributed by atoms with van der Waals surface area (Å²) < 4.78 is 10.6. The molecule has 0 spiro atoms. The second kappa shape index (κ2) is 5.92. The lowest BCUT2D eigenvalue weighted by atomic mass is 9.88. The van der Waals surface area contributed by atoms with Gasteiger partial charge in [0.15, 0.2) is 11.5 Å². The lowest BCUT2D eigenvalue weighted by Crippen LogP contribution is -2.41. The number of halogens is 1. The Balaban J connectivity index is 1.65. The smallest absolute Gasteiger partial charge is 0.325 e. The van der Waals surface area contributed by atoms with Crippen molar-refractivity contribution in [3.63, 3.8) is 0 Å². The fourth-order valence-electron chi connectivity index (χ4n) is 3.45. The number of hydrogen-bond acceptors (Lipinski definition) is 4. The number of fused-ring (bicyclic) bond motifs is 1. The van der Waals surface area contributed by atoms with Gasteiger partial charge in [-0.3, -0.25) is 9.69 Å². The minimum absolute atomic E-state index is 0.0997. The number of urea groups is 1. The number of carbonyl (C=O) groups excluding carboxylic acids is 2. The maximum absolute atomic E-state index is 13.1. The molecule has 2 aromatic rings. The SMILES string of the molecule is Cc1ccccc1C1(C)NC(=O)N(Cc2cc(Cl)c3c(c2)OCO3)C1=O. The van der Waals surface area contributed by atoms with Crippen LogP contribution in [0.2, 0.25) is 5.02 Å². The lowest BCUT2D eigenvalue weighted by molar-refractivity contribution is -0.131. The van der Waals surface area contributed by atoms with E-state index in [-0.39, 0.29) is 19.2 Å². The van der Waals surface area contributed by atoms with Crippen molar-refractivity contribution in [1.29, 1.82) is 0 Å². The second-order valence-corrected chi connectivity index (χ2v) is 6.98. The number of nitrogens with zero attached hydrogens (tertiary/aromatic N) is 1. The number of amides is 3. The van der Waals surface area contributed by atoms with Crippen molar-refractivity contribution in [2.24, 2.45) is 0 Å². The van der Waals surface area contributed by atoms with Crippen LogP contribution >= 0.6 is 11.6 Å². The van der Waals surface area contributed by atoms with Crippen LogP contribution in [-0.4, -0.2) is 23.6 Å². The Morgan fingerprint density at radius 2 is 2.00 bits per heavy atom. The van der Waals surface area contributed by atoms with E-state index in [0.29, 0.717) is 22.1 Å². The number of carbonyl (C=O) groups is 2. The Morgan fingerprint density at radius 1 is 1.23 bits per heavy atom. The van der Waals surface area contributed by atoms with E-state index in [9.17, 15) is 9.59 Å². The van der Waals surface area contributed by atoms with Gasteiger partial charge in [-0.1, -0.05) is 35.9 Å². The highest BCUT2D eigenvalue weighted by Crippen LogP contribution is 2.40. The van der Waals surface area contributed by atoms with Gasteiger partial charge in [0.1, 0.15) is 5.54 Å². The van der Waals surface area contributed by atoms with Gasteiger partial charge in [0.25, 0.3) is 5.91 Å². The molecule has 6 nitrogen and oxygen atoms in total. The third kappa shape index (κ3) is 2.49. The molecule has 1 atom stereocenters. The van der Waals surface area contributed by atoms with Gasteiger partial charge >= 0.3 is 6.03 Å². The zero-order chi connectivity index (χ0) is 18.5. The molecular formula is C19H17ClN2O4. The van der Waals surface area contributed by atoms with Crippen LogP contribution in [0.5, 0.6) is 11.5 Å². The molecule has 134 valence electrons. The molecule has 0 saturated carbocycles. The van der Waals surface area contributed by atoms with E-state index >= 15 is 0 Å². The van der Waals surface area contributed by atoms with Gasteiger partial charge in [-0.25, -0.2) is 4.79 Å². The quantitative estimate of drug-likeness (QED) is 0.839. The molecule has 2 aromatic carbocycles. The summed E-state index contributed by atoms with van der Waals surface area (Å²) in [5, 5.41) is 3.22. The normalized spacial score (nSPS) is 21.3. The van der Waals surface area contributed by atoms with Crippen LogP contribution in [0, 0.1) is 6.92 Å². The zero-order valence-corrected chi connectivity index (χ0v) is 15.1. The highest BCUT2D eigenvalue weighted by molar-refractivity contribution is 6.32. The van der Waals surface area contributed by atoms with Crippen molar-refractivity contribution in [2.45, 2.75) is 25.9 Å². The fourth-order valence-corrected chi connectivity index (χ4v) is 3.74. The molecule has 0 bridgehead atoms. The van der Waals surface area contributed by atoms with Crippen LogP contribution in [0.1, 0.15) is 23.6 Å². The molecule has 0 aromatic heterocycles. The molecule has 2 heterocycles. The molecule has 1 saturated heterocycles. The van der Waals surface area contributed by atoms with Gasteiger partial charge in [0.05, 0.1) is 11.6 Å². The highest BCUT2D eigenvalue weighted by atomic mass is 35.5. The van der Waals surface area contributed by atoms with Gasteiger partial charge in [0, 0.05) is 0 Å². The Labute approximate surface area is 155 Å². The predicted molar refractivity (Wildman–Crippen MR) is 95.2 cm³/mol. The minimum atomic E-state index is -1.09. The van der Waals surface area contributed by atoms with Crippen LogP contribution in [0.4, 0.5) is 4.79 Å². The summed E-state index contributed by atoms with van der Waals surface area (Å²) in [4.78, 5) is 26.8. The number of ether oxygens (including phenoxy) is 2. The Morgan fingerprint density at radius 3 is 2.77 bits per heavy atom. The summed E-state index contributed by atoms with van der Waals surface area (Å²) >= 11 is 6.20. The first-order chi connectivity index (χ1) is 12.4. The van der Waals surface area contributed by atoms with E-state index in [1.54, 1.807) is 19.1 Å². The van der Waals surface area contributed by atoms with Crippen LogP contribution < -0.4 is 14.8 Å². The van der Waals surface area contributed by atoms with E-state index in [1.165, 1.54) is 4.90 Å². The monoisotopic (exact) mass is 372 g/mol. The summed E-state index contributed by atoms with van der Waals surface area (Å²) in [7, 11) is 0. The highest BCUT2D eigenvalue weighted by Gasteiger charge is 2.49. The summed E-state index contributed by atoms with van der Waals surface area (Å²) in [6, 6.07) is 10.5. The number of rotatable bonds is 3. The Hall–Kier alpha value is -2.73. The average Bonchev–Trinajstić information content (AvgIpc) is 3.15. The van der Waals surface area contributed by atoms with Gasteiger partial charge < -0.3 is 14.8 Å². The molecule has 26 heavy (non-hydrogen) atoms. The zero-order valence-electron chi connectivity index (χ0n) is 14.3. The molecular weight excluding hydrogens is 356 g/mol. The number of benzene rings is 2. The first-order valence-electron chi connectivity index (χ1n) is 8.18. The van der Waals surface area contributed by atoms with Crippen molar-refractivity contribution < 1.29 is 19.1 Å². The van der Waals surface area contributed by atoms with E-state index in [1.807, 2.05) is 31.2 Å². The predicted octanol–water partition coefficient (Wildman–Crippen LogP) is 3.34. The molecule has 1 unspecified atom stereocenters.